The van der Waals surface area contributed by atoms with E-state index in [-0.39, 0.29) is 30.3 Å². The quantitative estimate of drug-likeness (QED) is 0.174. The molecule has 0 radical (unpaired) electrons. The highest BCUT2D eigenvalue weighted by molar-refractivity contribution is 6.37. The van der Waals surface area contributed by atoms with Crippen LogP contribution in [0.15, 0.2) is 0 Å². The van der Waals surface area contributed by atoms with Gasteiger partial charge < -0.3 is 36.6 Å². The zero-order valence-corrected chi connectivity index (χ0v) is 30.1. The lowest BCUT2D eigenvalue weighted by Gasteiger charge is -2.43. The number of amides is 6. The molecule has 1 aliphatic heterocycles. The third kappa shape index (κ3) is 10.1. The topological polar surface area (TPSA) is 189 Å². The molecule has 48 heavy (non-hydrogen) atoms. The van der Waals surface area contributed by atoms with Crippen molar-refractivity contribution in [2.45, 2.75) is 137 Å². The maximum atomic E-state index is 14.7. The van der Waals surface area contributed by atoms with Gasteiger partial charge in [-0.2, -0.15) is 0 Å². The number of ketones is 1. The standard InChI is InChI=1S/C35H60N6O7/c1-8-37-33(47)48-20-25(34(4,5)6)39-32(46)40-28(35(7)16-10-9-11-17-35)31(45)41-18-15-23(21(2)3)26(41)30(44)38-24(27(42)29(36)43)19-22-13-12-14-22/h21-26,28H,8-20H2,1-7H3,(H2,36,43)(H,37,47)(H,38,44)(H2,39,40,46)/t23?,24?,25-,26+,28-/m1/s1. The fourth-order valence-electron chi connectivity index (χ4n) is 7.36. The number of nitrogens with one attached hydrogen (secondary N) is 4. The smallest absolute Gasteiger partial charge is 0.407 e. The summed E-state index contributed by atoms with van der Waals surface area (Å²) in [4.78, 5) is 80.7. The minimum absolute atomic E-state index is 0.0490. The number of alkyl carbamates (subject to hydrolysis) is 1. The first kappa shape index (κ1) is 39.1. The van der Waals surface area contributed by atoms with E-state index >= 15 is 0 Å². The number of urea groups is 1. The minimum atomic E-state index is -1.09. The van der Waals surface area contributed by atoms with E-state index in [9.17, 15) is 28.8 Å². The Morgan fingerprint density at radius 2 is 1.58 bits per heavy atom. The van der Waals surface area contributed by atoms with Gasteiger partial charge >= 0.3 is 12.1 Å². The largest absolute Gasteiger partial charge is 0.447 e. The van der Waals surface area contributed by atoms with E-state index in [1.165, 1.54) is 0 Å². The molecule has 3 aliphatic rings. The summed E-state index contributed by atoms with van der Waals surface area (Å²) in [5, 5.41) is 11.3. The van der Waals surface area contributed by atoms with Gasteiger partial charge in [0.1, 0.15) is 18.7 Å². The molecule has 13 nitrogen and oxygen atoms in total. The van der Waals surface area contributed by atoms with Crippen LogP contribution in [0.5, 0.6) is 0 Å². The zero-order chi connectivity index (χ0) is 35.8. The molecule has 0 aromatic heterocycles. The minimum Gasteiger partial charge on any atom is -0.447 e. The van der Waals surface area contributed by atoms with E-state index < -0.39 is 64.7 Å². The number of nitrogens with zero attached hydrogens (tertiary/aromatic N) is 1. The molecule has 13 heteroatoms. The van der Waals surface area contributed by atoms with Crippen molar-refractivity contribution in [1.29, 1.82) is 0 Å². The van der Waals surface area contributed by atoms with E-state index in [4.69, 9.17) is 10.5 Å². The molecule has 0 aromatic carbocycles. The van der Waals surface area contributed by atoms with E-state index in [0.29, 0.717) is 25.9 Å². The van der Waals surface area contributed by atoms with Crippen LogP contribution in [0.4, 0.5) is 9.59 Å². The van der Waals surface area contributed by atoms with E-state index in [0.717, 1.165) is 51.4 Å². The van der Waals surface area contributed by atoms with E-state index in [1.807, 2.05) is 41.5 Å². The fourth-order valence-corrected chi connectivity index (χ4v) is 7.36. The molecule has 0 bridgehead atoms. The number of nitrogens with two attached hydrogens (primary N) is 1. The molecule has 0 aromatic rings. The van der Waals surface area contributed by atoms with Crippen LogP contribution in [0.1, 0.15) is 113 Å². The number of hydrogen-bond donors (Lipinski definition) is 5. The van der Waals surface area contributed by atoms with Gasteiger partial charge in [-0.25, -0.2) is 9.59 Å². The van der Waals surface area contributed by atoms with Gasteiger partial charge in [-0.15, -0.1) is 0 Å². The van der Waals surface area contributed by atoms with Crippen molar-refractivity contribution >= 4 is 35.6 Å². The summed E-state index contributed by atoms with van der Waals surface area (Å²) in [7, 11) is 0. The summed E-state index contributed by atoms with van der Waals surface area (Å²) in [6.07, 6.45) is 7.51. The van der Waals surface area contributed by atoms with Crippen molar-refractivity contribution in [2.24, 2.45) is 34.3 Å². The number of hydrogen-bond acceptors (Lipinski definition) is 7. The lowest BCUT2D eigenvalue weighted by atomic mass is 9.70. The first-order chi connectivity index (χ1) is 22.5. The number of Topliss-reactive ketones (excluding diaryl/α,β-unsaturated/α-hetero) is 1. The number of ether oxygens (including phenoxy) is 1. The van der Waals surface area contributed by atoms with Gasteiger partial charge in [-0.3, -0.25) is 19.2 Å². The Labute approximate surface area is 286 Å². The number of carbonyl (C=O) groups excluding carboxylic acids is 6. The van der Waals surface area contributed by atoms with Crippen LogP contribution in [0.25, 0.3) is 0 Å². The lowest BCUT2D eigenvalue weighted by molar-refractivity contribution is -0.145. The predicted octanol–water partition coefficient (Wildman–Crippen LogP) is 3.39. The highest BCUT2D eigenvalue weighted by atomic mass is 16.5. The Hall–Kier alpha value is -3.38. The molecule has 3 rings (SSSR count). The summed E-state index contributed by atoms with van der Waals surface area (Å²) in [5.74, 6) is -2.67. The van der Waals surface area contributed by atoms with Crippen LogP contribution in [0.3, 0.4) is 0 Å². The average molecular weight is 677 g/mol. The Balaban J connectivity index is 1.88. The highest BCUT2D eigenvalue weighted by Gasteiger charge is 2.50. The molecule has 272 valence electrons. The second-order valence-corrected chi connectivity index (χ2v) is 15.8. The van der Waals surface area contributed by atoms with Crippen molar-refractivity contribution in [3.05, 3.63) is 0 Å². The molecule has 1 heterocycles. The van der Waals surface area contributed by atoms with Crippen molar-refractivity contribution in [3.8, 4) is 0 Å². The lowest BCUT2D eigenvalue weighted by Crippen LogP contribution is -2.63. The van der Waals surface area contributed by atoms with Crippen LogP contribution >= 0.6 is 0 Å². The van der Waals surface area contributed by atoms with Crippen LogP contribution in [-0.4, -0.2) is 84.4 Å². The number of carbonyl (C=O) groups is 6. The Bertz CT molecular complexity index is 1170. The van der Waals surface area contributed by atoms with E-state index in [1.54, 1.807) is 11.8 Å². The molecule has 0 spiro atoms. The van der Waals surface area contributed by atoms with Crippen molar-refractivity contribution in [1.82, 2.24) is 26.2 Å². The monoisotopic (exact) mass is 676 g/mol. The first-order valence-corrected chi connectivity index (χ1v) is 17.9. The molecule has 1 saturated heterocycles. The van der Waals surface area contributed by atoms with Gasteiger partial charge in [0, 0.05) is 13.1 Å². The predicted molar refractivity (Wildman–Crippen MR) is 181 cm³/mol. The maximum absolute atomic E-state index is 14.7. The van der Waals surface area contributed by atoms with Crippen molar-refractivity contribution in [3.63, 3.8) is 0 Å². The number of primary amides is 1. The highest BCUT2D eigenvalue weighted by Crippen LogP contribution is 2.41. The van der Waals surface area contributed by atoms with Crippen LogP contribution in [-0.2, 0) is 23.9 Å². The normalized spacial score (nSPS) is 22.9. The Morgan fingerprint density at radius 1 is 0.938 bits per heavy atom. The SMILES string of the molecule is CCNC(=O)OC[C@@H](NC(=O)N[C@H](C(=O)N1CCC(C(C)C)[C@H]1C(=O)NC(CC1CCC1)C(=O)C(N)=O)C1(C)CCCCC1)C(C)(C)C. The molecule has 6 amide bonds. The van der Waals surface area contributed by atoms with E-state index in [2.05, 4.69) is 21.3 Å². The number of likely N-dealkylation sites (tertiary alicyclic amines) is 1. The summed E-state index contributed by atoms with van der Waals surface area (Å²) >= 11 is 0. The summed E-state index contributed by atoms with van der Waals surface area (Å²) < 4.78 is 5.35. The molecular weight excluding hydrogens is 616 g/mol. The third-order valence-corrected chi connectivity index (χ3v) is 10.8. The molecule has 3 fully saturated rings. The van der Waals surface area contributed by atoms with Crippen LogP contribution < -0.4 is 27.0 Å². The van der Waals surface area contributed by atoms with Crippen molar-refractivity contribution in [2.75, 3.05) is 19.7 Å². The molecular formula is C35H60N6O7. The van der Waals surface area contributed by atoms with Gasteiger partial charge in [0.05, 0.1) is 12.1 Å². The van der Waals surface area contributed by atoms with Gasteiger partial charge in [0.2, 0.25) is 17.6 Å². The molecule has 2 aliphatic carbocycles. The molecule has 5 atom stereocenters. The zero-order valence-electron chi connectivity index (χ0n) is 30.1. The average Bonchev–Trinajstić information content (AvgIpc) is 3.44. The Kier molecular flexibility index (Phi) is 13.7. The van der Waals surface area contributed by atoms with Crippen LogP contribution in [0.2, 0.25) is 0 Å². The molecule has 6 N–H and O–H groups in total. The summed E-state index contributed by atoms with van der Waals surface area (Å²) in [6, 6.07) is -3.97. The van der Waals surface area contributed by atoms with Gasteiger partial charge in [0.15, 0.2) is 0 Å². The third-order valence-electron chi connectivity index (χ3n) is 10.8. The van der Waals surface area contributed by atoms with Crippen molar-refractivity contribution < 1.29 is 33.5 Å². The van der Waals surface area contributed by atoms with Gasteiger partial charge in [0.25, 0.3) is 5.91 Å². The summed E-state index contributed by atoms with van der Waals surface area (Å²) in [5.41, 5.74) is 4.33. The molecule has 2 unspecified atom stereocenters. The summed E-state index contributed by atoms with van der Waals surface area (Å²) in [6.45, 7) is 14.2. The fraction of sp³-hybridized carbons (Fsp3) is 0.829. The van der Waals surface area contributed by atoms with Gasteiger partial charge in [-0.1, -0.05) is 80.1 Å². The molecule has 2 saturated carbocycles. The second kappa shape index (κ2) is 16.8. The first-order valence-electron chi connectivity index (χ1n) is 17.9. The Morgan fingerprint density at radius 3 is 2.10 bits per heavy atom. The number of rotatable bonds is 14. The van der Waals surface area contributed by atoms with Crippen LogP contribution in [0, 0.1) is 28.6 Å². The van der Waals surface area contributed by atoms with Gasteiger partial charge in [-0.05, 0) is 61.2 Å². The second-order valence-electron chi connectivity index (χ2n) is 15.8. The maximum Gasteiger partial charge on any atom is 0.407 e.